The summed E-state index contributed by atoms with van der Waals surface area (Å²) in [6, 6.07) is 4.87. The molecule has 0 radical (unpaired) electrons. The van der Waals surface area contributed by atoms with E-state index in [0.717, 1.165) is 37.4 Å². The van der Waals surface area contributed by atoms with Gasteiger partial charge in [-0.25, -0.2) is 14.8 Å². The number of carbonyl (C=O) groups is 1. The highest BCUT2D eigenvalue weighted by Crippen LogP contribution is 2.21. The highest BCUT2D eigenvalue weighted by Gasteiger charge is 2.16. The van der Waals surface area contributed by atoms with Gasteiger partial charge in [0.2, 0.25) is 0 Å². The standard InChI is InChI=1S/C14H15N3O3/c18-14(19)10-1-2-11-12(5-10)16-8-17-13(11)15-6-9-3-4-20-7-9/h1-2,5,8-9H,3-4,6-7H2,(H,18,19)(H,15,16,17). The number of hydrogen-bond donors (Lipinski definition) is 2. The maximum absolute atomic E-state index is 11.0. The second kappa shape index (κ2) is 5.42. The minimum absolute atomic E-state index is 0.228. The van der Waals surface area contributed by atoms with Gasteiger partial charge in [-0.05, 0) is 24.6 Å². The lowest BCUT2D eigenvalue weighted by molar-refractivity contribution is 0.0697. The molecule has 1 aliphatic heterocycles. The molecule has 6 nitrogen and oxygen atoms in total. The number of ether oxygens (including phenoxy) is 1. The van der Waals surface area contributed by atoms with Crippen LogP contribution in [0, 0.1) is 5.92 Å². The van der Waals surface area contributed by atoms with Gasteiger partial charge in [-0.2, -0.15) is 0 Å². The molecular weight excluding hydrogens is 258 g/mol. The number of hydrogen-bond acceptors (Lipinski definition) is 5. The molecule has 2 aromatic rings. The van der Waals surface area contributed by atoms with Crippen molar-refractivity contribution in [1.29, 1.82) is 0 Å². The quantitative estimate of drug-likeness (QED) is 0.883. The fraction of sp³-hybridized carbons (Fsp3) is 0.357. The highest BCUT2D eigenvalue weighted by atomic mass is 16.5. The molecule has 1 saturated heterocycles. The van der Waals surface area contributed by atoms with Crippen LogP contribution in [0.1, 0.15) is 16.8 Å². The molecule has 1 unspecified atom stereocenters. The monoisotopic (exact) mass is 273 g/mol. The van der Waals surface area contributed by atoms with Crippen molar-refractivity contribution in [2.45, 2.75) is 6.42 Å². The van der Waals surface area contributed by atoms with Crippen LogP contribution in [0.5, 0.6) is 0 Å². The average molecular weight is 273 g/mol. The summed E-state index contributed by atoms with van der Waals surface area (Å²) in [4.78, 5) is 19.3. The van der Waals surface area contributed by atoms with E-state index in [9.17, 15) is 4.79 Å². The summed E-state index contributed by atoms with van der Waals surface area (Å²) in [6.45, 7) is 2.39. The third-order valence-corrected chi connectivity index (χ3v) is 3.47. The zero-order valence-electron chi connectivity index (χ0n) is 10.9. The molecule has 1 atom stereocenters. The molecule has 3 rings (SSSR count). The van der Waals surface area contributed by atoms with Crippen LogP contribution in [0.2, 0.25) is 0 Å². The van der Waals surface area contributed by atoms with E-state index in [1.165, 1.54) is 6.33 Å². The van der Waals surface area contributed by atoms with Gasteiger partial charge in [0, 0.05) is 24.5 Å². The number of aromatic nitrogens is 2. The zero-order chi connectivity index (χ0) is 13.9. The van der Waals surface area contributed by atoms with Crippen molar-refractivity contribution < 1.29 is 14.6 Å². The third kappa shape index (κ3) is 2.55. The lowest BCUT2D eigenvalue weighted by atomic mass is 10.1. The van der Waals surface area contributed by atoms with E-state index in [0.29, 0.717) is 11.4 Å². The molecule has 1 aromatic carbocycles. The van der Waals surface area contributed by atoms with Crippen LogP contribution < -0.4 is 5.32 Å². The molecule has 0 aliphatic carbocycles. The predicted octanol–water partition coefficient (Wildman–Crippen LogP) is 1.78. The Labute approximate surface area is 115 Å². The molecule has 0 amide bonds. The minimum Gasteiger partial charge on any atom is -0.478 e. The SMILES string of the molecule is O=C(O)c1ccc2c(NCC3CCOC3)ncnc2c1. The molecule has 2 N–H and O–H groups in total. The average Bonchev–Trinajstić information content (AvgIpc) is 2.97. The highest BCUT2D eigenvalue weighted by molar-refractivity contribution is 5.96. The molecule has 1 aliphatic rings. The van der Waals surface area contributed by atoms with Crippen molar-refractivity contribution in [2.75, 3.05) is 25.1 Å². The van der Waals surface area contributed by atoms with Gasteiger partial charge in [0.05, 0.1) is 17.7 Å². The fourth-order valence-electron chi connectivity index (χ4n) is 2.32. The topological polar surface area (TPSA) is 84.3 Å². The second-order valence-corrected chi connectivity index (χ2v) is 4.87. The first kappa shape index (κ1) is 12.8. The molecule has 0 spiro atoms. The van der Waals surface area contributed by atoms with Gasteiger partial charge in [0.1, 0.15) is 12.1 Å². The number of carboxylic acid groups (broad SMARTS) is 1. The Morgan fingerprint density at radius 1 is 1.45 bits per heavy atom. The van der Waals surface area contributed by atoms with E-state index in [1.54, 1.807) is 18.2 Å². The van der Waals surface area contributed by atoms with E-state index >= 15 is 0 Å². The molecule has 2 heterocycles. The van der Waals surface area contributed by atoms with E-state index in [1.807, 2.05) is 0 Å². The van der Waals surface area contributed by atoms with E-state index in [2.05, 4.69) is 15.3 Å². The van der Waals surface area contributed by atoms with E-state index < -0.39 is 5.97 Å². The number of benzene rings is 1. The summed E-state index contributed by atoms with van der Waals surface area (Å²) < 4.78 is 5.34. The summed E-state index contributed by atoms with van der Waals surface area (Å²) in [5.41, 5.74) is 0.858. The van der Waals surface area contributed by atoms with Gasteiger partial charge in [-0.1, -0.05) is 0 Å². The Hall–Kier alpha value is -2.21. The van der Waals surface area contributed by atoms with Gasteiger partial charge in [-0.15, -0.1) is 0 Å². The van der Waals surface area contributed by atoms with Crippen molar-refractivity contribution >= 4 is 22.7 Å². The van der Waals surface area contributed by atoms with Crippen molar-refractivity contribution in [3.05, 3.63) is 30.1 Å². The van der Waals surface area contributed by atoms with E-state index in [4.69, 9.17) is 9.84 Å². The van der Waals surface area contributed by atoms with Crippen LogP contribution in [0.15, 0.2) is 24.5 Å². The van der Waals surface area contributed by atoms with Gasteiger partial charge in [-0.3, -0.25) is 0 Å². The van der Waals surface area contributed by atoms with Gasteiger partial charge < -0.3 is 15.2 Å². The summed E-state index contributed by atoms with van der Waals surface area (Å²) in [6.07, 6.45) is 2.50. The minimum atomic E-state index is -0.955. The number of nitrogens with zero attached hydrogens (tertiary/aromatic N) is 2. The second-order valence-electron chi connectivity index (χ2n) is 4.87. The maximum atomic E-state index is 11.0. The molecule has 6 heteroatoms. The van der Waals surface area contributed by atoms with Gasteiger partial charge in [0.25, 0.3) is 0 Å². The lowest BCUT2D eigenvalue weighted by Gasteiger charge is -2.11. The summed E-state index contributed by atoms with van der Waals surface area (Å²) in [7, 11) is 0. The Bertz CT molecular complexity index is 639. The van der Waals surface area contributed by atoms with Crippen LogP contribution in [0.4, 0.5) is 5.82 Å². The Morgan fingerprint density at radius 2 is 2.35 bits per heavy atom. The lowest BCUT2D eigenvalue weighted by Crippen LogP contribution is -2.15. The molecule has 1 fully saturated rings. The van der Waals surface area contributed by atoms with Crippen molar-refractivity contribution in [3.8, 4) is 0 Å². The summed E-state index contributed by atoms with van der Waals surface area (Å²) in [5.74, 6) is 0.278. The Balaban J connectivity index is 1.85. The number of carboxylic acids is 1. The molecule has 104 valence electrons. The maximum Gasteiger partial charge on any atom is 0.335 e. The number of aromatic carboxylic acids is 1. The van der Waals surface area contributed by atoms with Gasteiger partial charge in [0.15, 0.2) is 0 Å². The predicted molar refractivity (Wildman–Crippen MR) is 73.9 cm³/mol. The van der Waals surface area contributed by atoms with Crippen LogP contribution in [0.3, 0.4) is 0 Å². The number of nitrogens with one attached hydrogen (secondary N) is 1. The number of fused-ring (bicyclic) bond motifs is 1. The molecule has 0 bridgehead atoms. The van der Waals surface area contributed by atoms with Crippen LogP contribution in [-0.4, -0.2) is 40.8 Å². The van der Waals surface area contributed by atoms with Crippen molar-refractivity contribution in [2.24, 2.45) is 5.92 Å². The largest absolute Gasteiger partial charge is 0.478 e. The number of anilines is 1. The summed E-state index contributed by atoms with van der Waals surface area (Å²) >= 11 is 0. The Kier molecular flexibility index (Phi) is 3.47. The first-order chi connectivity index (χ1) is 9.74. The van der Waals surface area contributed by atoms with E-state index in [-0.39, 0.29) is 5.56 Å². The normalized spacial score (nSPS) is 18.3. The van der Waals surface area contributed by atoms with Crippen molar-refractivity contribution in [1.82, 2.24) is 9.97 Å². The van der Waals surface area contributed by atoms with Gasteiger partial charge >= 0.3 is 5.97 Å². The smallest absolute Gasteiger partial charge is 0.335 e. The first-order valence-electron chi connectivity index (χ1n) is 6.54. The third-order valence-electron chi connectivity index (χ3n) is 3.47. The zero-order valence-corrected chi connectivity index (χ0v) is 10.9. The molecule has 20 heavy (non-hydrogen) atoms. The van der Waals surface area contributed by atoms with Crippen LogP contribution in [-0.2, 0) is 4.74 Å². The Morgan fingerprint density at radius 3 is 3.10 bits per heavy atom. The first-order valence-corrected chi connectivity index (χ1v) is 6.54. The fourth-order valence-corrected chi connectivity index (χ4v) is 2.32. The number of rotatable bonds is 4. The summed E-state index contributed by atoms with van der Waals surface area (Å²) in [5, 5.41) is 13.1. The molecular formula is C14H15N3O3. The van der Waals surface area contributed by atoms with Crippen molar-refractivity contribution in [3.63, 3.8) is 0 Å². The molecule has 0 saturated carbocycles. The van der Waals surface area contributed by atoms with Crippen LogP contribution in [0.25, 0.3) is 10.9 Å². The van der Waals surface area contributed by atoms with Crippen LogP contribution >= 0.6 is 0 Å². The molecule has 1 aromatic heterocycles.